The van der Waals surface area contributed by atoms with E-state index in [-0.39, 0.29) is 0 Å². The molecule has 1 aliphatic heterocycles. The highest BCUT2D eigenvalue weighted by Crippen LogP contribution is 2.42. The molecule has 2 aliphatic rings. The normalized spacial score (nSPS) is 19.6. The van der Waals surface area contributed by atoms with Crippen LogP contribution in [0.15, 0.2) is 24.3 Å². The lowest BCUT2D eigenvalue weighted by molar-refractivity contribution is 0.0330. The summed E-state index contributed by atoms with van der Waals surface area (Å²) in [5.74, 6) is 2.80. The number of thiophene rings is 1. The van der Waals surface area contributed by atoms with Crippen LogP contribution < -0.4 is 4.74 Å². The summed E-state index contributed by atoms with van der Waals surface area (Å²) in [4.78, 5) is 25.5. The second-order valence-electron chi connectivity index (χ2n) is 8.15. The molecule has 5 rings (SSSR count). The van der Waals surface area contributed by atoms with Crippen LogP contribution >= 0.6 is 11.3 Å². The van der Waals surface area contributed by atoms with E-state index in [1.807, 2.05) is 12.1 Å². The Morgan fingerprint density at radius 2 is 2.03 bits per heavy atom. The van der Waals surface area contributed by atoms with Gasteiger partial charge in [0, 0.05) is 23.5 Å². The minimum Gasteiger partial charge on any atom is -0.438 e. The number of aromatic nitrogens is 2. The Kier molecular flexibility index (Phi) is 5.50. The predicted octanol–water partition coefficient (Wildman–Crippen LogP) is 4.25. The molecule has 3 heterocycles. The molecule has 0 saturated carbocycles. The average molecular weight is 424 g/mol. The molecule has 1 aliphatic carbocycles. The summed E-state index contributed by atoms with van der Waals surface area (Å²) in [6.07, 6.45) is 4.16. The van der Waals surface area contributed by atoms with Crippen molar-refractivity contribution >= 4 is 27.8 Å². The first-order valence-electron chi connectivity index (χ1n) is 10.5. The zero-order valence-electron chi connectivity index (χ0n) is 17.1. The second kappa shape index (κ2) is 8.41. The van der Waals surface area contributed by atoms with Gasteiger partial charge in [-0.1, -0.05) is 6.92 Å². The van der Waals surface area contributed by atoms with E-state index in [1.165, 1.54) is 16.9 Å². The average Bonchev–Trinajstić information content (AvgIpc) is 3.12. The van der Waals surface area contributed by atoms with Crippen molar-refractivity contribution in [2.24, 2.45) is 5.92 Å². The summed E-state index contributed by atoms with van der Waals surface area (Å²) in [6.45, 7) is 6.29. The molecule has 0 radical (unpaired) electrons. The largest absolute Gasteiger partial charge is 0.438 e. The Labute approximate surface area is 179 Å². The van der Waals surface area contributed by atoms with Gasteiger partial charge in [-0.05, 0) is 55.0 Å². The SMILES string of the molecule is C[C@@H]1CCc2c(sc3nc(CN4CCOCC4)nc(Oc4ccc(C=O)cc4)c23)C1. The molecule has 1 atom stereocenters. The van der Waals surface area contributed by atoms with Crippen molar-refractivity contribution in [3.05, 3.63) is 46.1 Å². The van der Waals surface area contributed by atoms with Crippen molar-refractivity contribution < 1.29 is 14.3 Å². The highest BCUT2D eigenvalue weighted by Gasteiger charge is 2.25. The van der Waals surface area contributed by atoms with Gasteiger partial charge in [0.05, 0.1) is 25.1 Å². The number of hydrogen-bond donors (Lipinski definition) is 0. The Hall–Kier alpha value is -2.35. The Morgan fingerprint density at radius 1 is 1.23 bits per heavy atom. The fraction of sp³-hybridized carbons (Fsp3) is 0.435. The number of carbonyl (C=O) groups excluding carboxylic acids is 1. The molecular formula is C23H25N3O3S. The van der Waals surface area contributed by atoms with Crippen LogP contribution in [0.4, 0.5) is 0 Å². The number of rotatable bonds is 5. The molecule has 1 aromatic carbocycles. The lowest BCUT2D eigenvalue weighted by Crippen LogP contribution is -2.36. The molecular weight excluding hydrogens is 398 g/mol. The van der Waals surface area contributed by atoms with E-state index in [4.69, 9.17) is 19.4 Å². The minimum atomic E-state index is 0.630. The van der Waals surface area contributed by atoms with Gasteiger partial charge >= 0.3 is 0 Å². The van der Waals surface area contributed by atoms with Crippen molar-refractivity contribution in [2.75, 3.05) is 26.3 Å². The number of nitrogens with zero attached hydrogens (tertiary/aromatic N) is 3. The van der Waals surface area contributed by atoms with Crippen molar-refractivity contribution in [1.29, 1.82) is 0 Å². The number of aldehydes is 1. The van der Waals surface area contributed by atoms with Gasteiger partial charge in [0.15, 0.2) is 0 Å². The fourth-order valence-electron chi connectivity index (χ4n) is 4.18. The second-order valence-corrected chi connectivity index (χ2v) is 9.24. The van der Waals surface area contributed by atoms with Crippen molar-refractivity contribution in [1.82, 2.24) is 14.9 Å². The molecule has 2 aromatic heterocycles. The zero-order valence-corrected chi connectivity index (χ0v) is 17.9. The number of morpholine rings is 1. The molecule has 0 spiro atoms. The molecule has 7 heteroatoms. The summed E-state index contributed by atoms with van der Waals surface area (Å²) in [5, 5.41) is 1.06. The molecule has 156 valence electrons. The molecule has 0 N–H and O–H groups in total. The molecule has 1 fully saturated rings. The van der Waals surface area contributed by atoms with Crippen LogP contribution in [0.3, 0.4) is 0 Å². The van der Waals surface area contributed by atoms with Crippen LogP contribution in [0, 0.1) is 5.92 Å². The Morgan fingerprint density at radius 3 is 2.80 bits per heavy atom. The first-order valence-corrected chi connectivity index (χ1v) is 11.4. The molecule has 1 saturated heterocycles. The first kappa shape index (κ1) is 19.6. The van der Waals surface area contributed by atoms with E-state index in [9.17, 15) is 4.79 Å². The van der Waals surface area contributed by atoms with Crippen LogP contribution in [0.25, 0.3) is 10.2 Å². The first-order chi connectivity index (χ1) is 14.7. The number of fused-ring (bicyclic) bond motifs is 3. The summed E-state index contributed by atoms with van der Waals surface area (Å²) in [7, 11) is 0. The predicted molar refractivity (Wildman–Crippen MR) is 117 cm³/mol. The summed E-state index contributed by atoms with van der Waals surface area (Å²) < 4.78 is 11.7. The topological polar surface area (TPSA) is 64.6 Å². The van der Waals surface area contributed by atoms with Gasteiger partial charge in [-0.3, -0.25) is 9.69 Å². The number of aryl methyl sites for hydroxylation is 1. The van der Waals surface area contributed by atoms with Crippen LogP contribution in [0.1, 0.15) is 40.0 Å². The summed E-state index contributed by atoms with van der Waals surface area (Å²) in [5.41, 5.74) is 1.98. The summed E-state index contributed by atoms with van der Waals surface area (Å²) >= 11 is 1.79. The van der Waals surface area contributed by atoms with Gasteiger partial charge in [-0.25, -0.2) is 4.98 Å². The van der Waals surface area contributed by atoms with Crippen LogP contribution in [0.2, 0.25) is 0 Å². The fourth-order valence-corrected chi connectivity index (χ4v) is 5.57. The lowest BCUT2D eigenvalue weighted by atomic mass is 9.89. The number of hydrogen-bond acceptors (Lipinski definition) is 7. The van der Waals surface area contributed by atoms with Crippen LogP contribution in [0.5, 0.6) is 11.6 Å². The maximum atomic E-state index is 11.0. The molecule has 0 bridgehead atoms. The van der Waals surface area contributed by atoms with Gasteiger partial charge < -0.3 is 9.47 Å². The minimum absolute atomic E-state index is 0.630. The van der Waals surface area contributed by atoms with Gasteiger partial charge in [0.1, 0.15) is 22.7 Å². The van der Waals surface area contributed by atoms with E-state index in [0.717, 1.165) is 61.5 Å². The molecule has 3 aromatic rings. The zero-order chi connectivity index (χ0) is 20.5. The Balaban J connectivity index is 1.54. The van der Waals surface area contributed by atoms with Gasteiger partial charge in [0.2, 0.25) is 5.88 Å². The maximum absolute atomic E-state index is 11.0. The highest BCUT2D eigenvalue weighted by molar-refractivity contribution is 7.18. The van der Waals surface area contributed by atoms with E-state index < -0.39 is 0 Å². The molecule has 6 nitrogen and oxygen atoms in total. The molecule has 30 heavy (non-hydrogen) atoms. The van der Waals surface area contributed by atoms with Crippen molar-refractivity contribution in [3.63, 3.8) is 0 Å². The molecule has 0 unspecified atom stereocenters. The smallest absolute Gasteiger partial charge is 0.231 e. The summed E-state index contributed by atoms with van der Waals surface area (Å²) in [6, 6.07) is 7.17. The third kappa shape index (κ3) is 3.97. The number of benzene rings is 1. The van der Waals surface area contributed by atoms with E-state index in [2.05, 4.69) is 11.8 Å². The van der Waals surface area contributed by atoms with E-state index >= 15 is 0 Å². The molecule has 0 amide bonds. The number of ether oxygens (including phenoxy) is 2. The van der Waals surface area contributed by atoms with Gasteiger partial charge in [-0.15, -0.1) is 11.3 Å². The maximum Gasteiger partial charge on any atom is 0.231 e. The van der Waals surface area contributed by atoms with Gasteiger partial charge in [0.25, 0.3) is 0 Å². The highest BCUT2D eigenvalue weighted by atomic mass is 32.1. The number of carbonyl (C=O) groups is 1. The monoisotopic (exact) mass is 423 g/mol. The standard InChI is InChI=1S/C23H25N3O3S/c1-15-2-7-18-19(12-15)30-23-21(18)22(29-17-5-3-16(14-27)4-6-17)24-20(25-23)13-26-8-10-28-11-9-26/h3-6,14-15H,2,7-13H2,1H3/t15-/m1/s1. The van der Waals surface area contributed by atoms with Crippen molar-refractivity contribution in [3.8, 4) is 11.6 Å². The third-order valence-electron chi connectivity index (χ3n) is 5.87. The van der Waals surface area contributed by atoms with E-state index in [0.29, 0.717) is 29.7 Å². The van der Waals surface area contributed by atoms with Crippen LogP contribution in [-0.2, 0) is 24.1 Å². The van der Waals surface area contributed by atoms with Crippen molar-refractivity contribution in [2.45, 2.75) is 32.7 Å². The third-order valence-corrected chi connectivity index (χ3v) is 7.02. The lowest BCUT2D eigenvalue weighted by Gasteiger charge is -2.25. The Bertz CT molecular complexity index is 1060. The van der Waals surface area contributed by atoms with E-state index in [1.54, 1.807) is 23.5 Å². The van der Waals surface area contributed by atoms with Crippen LogP contribution in [-0.4, -0.2) is 47.5 Å². The van der Waals surface area contributed by atoms with Gasteiger partial charge in [-0.2, -0.15) is 4.98 Å². The quantitative estimate of drug-likeness (QED) is 0.572.